The molecule has 0 saturated carbocycles. The fraction of sp³-hybridized carbons (Fsp3) is 0.500. The van der Waals surface area contributed by atoms with Crippen LogP contribution >= 0.6 is 0 Å². The average Bonchev–Trinajstić information content (AvgIpc) is 3.28. The van der Waals surface area contributed by atoms with Crippen molar-refractivity contribution >= 4 is 22.8 Å². The van der Waals surface area contributed by atoms with Crippen molar-refractivity contribution < 1.29 is 31.4 Å². The minimum atomic E-state index is -4.44. The molecule has 30 heavy (non-hydrogen) atoms. The molecular weight excluding hydrogens is 417 g/mol. The van der Waals surface area contributed by atoms with Crippen LogP contribution in [-0.2, 0) is 11.3 Å². The van der Waals surface area contributed by atoms with Crippen LogP contribution in [0, 0.1) is 5.41 Å². The molecule has 4 rings (SSSR count). The molecule has 0 atom stereocenters. The minimum absolute atomic E-state index is 0.0133. The summed E-state index contributed by atoms with van der Waals surface area (Å²) in [6, 6.07) is 1.18. The fourth-order valence-corrected chi connectivity index (χ4v) is 3.26. The number of hydrogen-bond donors (Lipinski definition) is 2. The second-order valence-electron chi connectivity index (χ2n) is 6.78. The van der Waals surface area contributed by atoms with E-state index in [1.807, 2.05) is 0 Å². The lowest BCUT2D eigenvalue weighted by molar-refractivity contribution is -0.251. The van der Waals surface area contributed by atoms with Gasteiger partial charge in [-0.2, -0.15) is 32.1 Å². The molecule has 1 aliphatic heterocycles. The number of nitrogens with zero attached hydrogens (tertiary/aromatic N) is 5. The third-order valence-electron chi connectivity index (χ3n) is 4.88. The summed E-state index contributed by atoms with van der Waals surface area (Å²) in [5.74, 6) is -0.00726. The van der Waals surface area contributed by atoms with Gasteiger partial charge in [0.15, 0.2) is 17.3 Å². The Morgan fingerprint density at radius 1 is 1.23 bits per heavy atom. The maximum atomic E-state index is 13.8. The lowest BCUT2D eigenvalue weighted by atomic mass is 9.79. The first-order valence-electron chi connectivity index (χ1n) is 8.86. The molecule has 0 aliphatic carbocycles. The zero-order valence-electron chi connectivity index (χ0n) is 15.3. The van der Waals surface area contributed by atoms with Crippen LogP contribution in [0.5, 0.6) is 5.88 Å². The van der Waals surface area contributed by atoms with Gasteiger partial charge in [0.25, 0.3) is 0 Å². The largest absolute Gasteiger partial charge is 0.417 e. The summed E-state index contributed by atoms with van der Waals surface area (Å²) in [7, 11) is 0. The first-order valence-corrected chi connectivity index (χ1v) is 8.86. The van der Waals surface area contributed by atoms with E-state index in [0.717, 1.165) is 0 Å². The van der Waals surface area contributed by atoms with E-state index < -0.39 is 24.7 Å². The zero-order chi connectivity index (χ0) is 21.4. The number of alkyl halides is 5. The molecule has 4 heterocycles. The highest BCUT2D eigenvalue weighted by Gasteiger charge is 2.55. The van der Waals surface area contributed by atoms with Gasteiger partial charge in [0.05, 0.1) is 24.4 Å². The van der Waals surface area contributed by atoms with Crippen molar-refractivity contribution in [2.24, 2.45) is 5.41 Å². The van der Waals surface area contributed by atoms with Gasteiger partial charge in [-0.3, -0.25) is 0 Å². The molecule has 162 valence electrons. The molecule has 14 heteroatoms. The Balaban J connectivity index is 1.59. The van der Waals surface area contributed by atoms with Crippen molar-refractivity contribution in [2.75, 3.05) is 18.5 Å². The van der Waals surface area contributed by atoms with E-state index >= 15 is 0 Å². The van der Waals surface area contributed by atoms with E-state index in [1.165, 1.54) is 23.1 Å². The van der Waals surface area contributed by atoms with Crippen LogP contribution in [0.3, 0.4) is 0 Å². The number of nitrogens with one attached hydrogen (secondary N) is 2. The maximum Gasteiger partial charge on any atom is 0.396 e. The number of aromatic amines is 1. The van der Waals surface area contributed by atoms with Gasteiger partial charge >= 0.3 is 12.8 Å². The van der Waals surface area contributed by atoms with E-state index in [4.69, 9.17) is 4.74 Å². The number of ether oxygens (including phenoxy) is 2. The van der Waals surface area contributed by atoms with Crippen LogP contribution in [-0.4, -0.2) is 55.9 Å². The Morgan fingerprint density at radius 3 is 2.70 bits per heavy atom. The predicted molar refractivity (Wildman–Crippen MR) is 92.4 cm³/mol. The minimum Gasteiger partial charge on any atom is -0.417 e. The van der Waals surface area contributed by atoms with E-state index in [0.29, 0.717) is 5.52 Å². The summed E-state index contributed by atoms with van der Waals surface area (Å²) in [6.45, 7) is -3.41. The number of halogens is 5. The topological polar surface area (TPSA) is 103 Å². The van der Waals surface area contributed by atoms with E-state index in [9.17, 15) is 22.0 Å². The molecule has 0 amide bonds. The fourth-order valence-electron chi connectivity index (χ4n) is 3.26. The van der Waals surface area contributed by atoms with Gasteiger partial charge in [0.1, 0.15) is 5.52 Å². The molecule has 2 N–H and O–H groups in total. The van der Waals surface area contributed by atoms with E-state index in [-0.39, 0.29) is 49.2 Å². The Morgan fingerprint density at radius 2 is 2.00 bits per heavy atom. The number of rotatable bonds is 6. The van der Waals surface area contributed by atoms with Gasteiger partial charge in [0.2, 0.25) is 5.88 Å². The third-order valence-corrected chi connectivity index (χ3v) is 4.88. The van der Waals surface area contributed by atoms with Crippen molar-refractivity contribution in [3.63, 3.8) is 0 Å². The maximum absolute atomic E-state index is 13.8. The zero-order valence-corrected chi connectivity index (χ0v) is 15.3. The molecule has 0 radical (unpaired) electrons. The van der Waals surface area contributed by atoms with Gasteiger partial charge < -0.3 is 14.8 Å². The number of anilines is 2. The van der Waals surface area contributed by atoms with Crippen LogP contribution in [0.25, 0.3) is 11.2 Å². The molecule has 1 fully saturated rings. The molecule has 9 nitrogen and oxygen atoms in total. The van der Waals surface area contributed by atoms with Crippen molar-refractivity contribution in [3.05, 3.63) is 18.5 Å². The summed E-state index contributed by atoms with van der Waals surface area (Å²) in [6.07, 6.45) is -2.13. The molecule has 0 unspecified atom stereocenters. The second-order valence-corrected chi connectivity index (χ2v) is 6.78. The lowest BCUT2D eigenvalue weighted by Crippen LogP contribution is -2.46. The number of H-pyrrole nitrogens is 1. The molecule has 0 aromatic carbocycles. The van der Waals surface area contributed by atoms with Crippen molar-refractivity contribution in [1.29, 1.82) is 0 Å². The Bertz CT molecular complexity index is 1010. The lowest BCUT2D eigenvalue weighted by Gasteiger charge is -2.38. The van der Waals surface area contributed by atoms with Crippen LogP contribution in [0.15, 0.2) is 18.5 Å². The quantitative estimate of drug-likeness (QED) is 0.576. The van der Waals surface area contributed by atoms with Gasteiger partial charge in [-0.1, -0.05) is 0 Å². The Labute approximate surface area is 165 Å². The summed E-state index contributed by atoms with van der Waals surface area (Å²) >= 11 is 0. The second kappa shape index (κ2) is 7.66. The van der Waals surface area contributed by atoms with Crippen molar-refractivity contribution in [3.8, 4) is 5.88 Å². The molecule has 1 saturated heterocycles. The number of hydrogen-bond acceptors (Lipinski definition) is 7. The van der Waals surface area contributed by atoms with Crippen molar-refractivity contribution in [2.45, 2.75) is 32.2 Å². The third kappa shape index (κ3) is 3.99. The molecule has 3 aromatic heterocycles. The molecule has 0 bridgehead atoms. The standard InChI is InChI=1S/C16H16F5N7O2/c17-14(18)30-12-5-10(26-27-12)24-11-7-22-9-6-23-28(13(9)25-11)8-15(16(19,20)21)1-3-29-4-2-15/h5-7,14H,1-4,8H2,(H2,24,25,26,27). The van der Waals surface area contributed by atoms with Crippen molar-refractivity contribution in [1.82, 2.24) is 29.9 Å². The first kappa shape index (κ1) is 20.3. The van der Waals surface area contributed by atoms with Gasteiger partial charge in [-0.15, -0.1) is 0 Å². The summed E-state index contributed by atoms with van der Waals surface area (Å²) in [5, 5.41) is 12.8. The normalized spacial score (nSPS) is 16.9. The smallest absolute Gasteiger partial charge is 0.396 e. The monoisotopic (exact) mass is 433 g/mol. The Hall–Kier alpha value is -3.03. The molecule has 0 spiro atoms. The molecule has 1 aliphatic rings. The molecule has 3 aromatic rings. The highest BCUT2D eigenvalue weighted by Crippen LogP contribution is 2.47. The Kier molecular flexibility index (Phi) is 5.17. The van der Waals surface area contributed by atoms with Gasteiger partial charge in [-0.05, 0) is 12.8 Å². The van der Waals surface area contributed by atoms with E-state index in [2.05, 4.69) is 35.3 Å². The van der Waals surface area contributed by atoms with E-state index in [1.54, 1.807) is 0 Å². The van der Waals surface area contributed by atoms with Crippen LogP contribution in [0.1, 0.15) is 12.8 Å². The van der Waals surface area contributed by atoms with Crippen LogP contribution in [0.2, 0.25) is 0 Å². The number of fused-ring (bicyclic) bond motifs is 1. The SMILES string of the molecule is FC(F)Oc1cc(Nc2cnc3cnn(CC4(C(F)(F)F)CCOCC4)c3n2)n[nH]1. The summed E-state index contributed by atoms with van der Waals surface area (Å²) < 4.78 is 76.4. The highest BCUT2D eigenvalue weighted by molar-refractivity contribution is 5.72. The number of aromatic nitrogens is 6. The van der Waals surface area contributed by atoms with Gasteiger partial charge in [-0.25, -0.2) is 19.7 Å². The highest BCUT2D eigenvalue weighted by atomic mass is 19.4. The first-order chi connectivity index (χ1) is 14.3. The van der Waals surface area contributed by atoms with Crippen LogP contribution in [0.4, 0.5) is 33.6 Å². The molecular formula is C16H16F5N7O2. The average molecular weight is 433 g/mol. The summed E-state index contributed by atoms with van der Waals surface area (Å²) in [5.41, 5.74) is -1.51. The summed E-state index contributed by atoms with van der Waals surface area (Å²) in [4.78, 5) is 8.39. The van der Waals surface area contributed by atoms with Gasteiger partial charge in [0, 0.05) is 19.3 Å². The van der Waals surface area contributed by atoms with Crippen LogP contribution < -0.4 is 10.1 Å². The predicted octanol–water partition coefficient (Wildman–Crippen LogP) is 3.25.